The lowest BCUT2D eigenvalue weighted by molar-refractivity contribution is 1.02. The maximum absolute atomic E-state index is 5.67. The molecule has 0 saturated carbocycles. The van der Waals surface area contributed by atoms with Crippen molar-refractivity contribution < 1.29 is 0 Å². The predicted molar refractivity (Wildman–Crippen MR) is 42.8 cm³/mol. The monoisotopic (exact) mass is 172 g/mol. The van der Waals surface area contributed by atoms with Gasteiger partial charge >= 0.3 is 0 Å². The van der Waals surface area contributed by atoms with Crippen LogP contribution in [-0.2, 0) is 0 Å². The molecule has 0 bridgehead atoms. The molecular formula is C3H10Cl2Si2. The second-order valence-electron chi connectivity index (χ2n) is 1.72. The quantitative estimate of drug-likeness (QED) is 0.428. The lowest BCUT2D eigenvalue weighted by Gasteiger charge is -2.03. The molecule has 7 heavy (non-hydrogen) atoms. The van der Waals surface area contributed by atoms with Crippen LogP contribution in [0.3, 0.4) is 0 Å². The molecule has 1 atom stereocenters. The Hall–Kier alpha value is 1.01. The first-order valence-corrected chi connectivity index (χ1v) is 7.78. The van der Waals surface area contributed by atoms with E-state index in [1.165, 1.54) is 16.7 Å². The van der Waals surface area contributed by atoms with Crippen molar-refractivity contribution in [3.05, 3.63) is 0 Å². The van der Waals surface area contributed by atoms with Crippen LogP contribution in [0.25, 0.3) is 0 Å². The summed E-state index contributed by atoms with van der Waals surface area (Å²) in [5.41, 5.74) is 0. The molecule has 0 spiro atoms. The van der Waals surface area contributed by atoms with Crippen LogP contribution in [-0.4, -0.2) is 17.7 Å². The van der Waals surface area contributed by atoms with Gasteiger partial charge in [0.2, 0.25) is 7.42 Å². The van der Waals surface area contributed by atoms with Gasteiger partial charge in [-0.25, -0.2) is 0 Å². The van der Waals surface area contributed by atoms with Crippen LogP contribution in [0, 0.1) is 0 Å². The highest BCUT2D eigenvalue weighted by molar-refractivity contribution is 7.35. The SMILES string of the molecule is CCC([SiH3])[SiH](Cl)Cl. The summed E-state index contributed by atoms with van der Waals surface area (Å²) in [4.78, 5) is 0. The van der Waals surface area contributed by atoms with Crippen molar-refractivity contribution in [3.63, 3.8) is 0 Å². The predicted octanol–water partition coefficient (Wildman–Crippen LogP) is 0.788. The van der Waals surface area contributed by atoms with Crippen LogP contribution in [0.4, 0.5) is 0 Å². The lowest BCUT2D eigenvalue weighted by atomic mass is 10.6. The van der Waals surface area contributed by atoms with E-state index >= 15 is 0 Å². The Labute approximate surface area is 58.6 Å². The maximum atomic E-state index is 5.67. The third-order valence-electron chi connectivity index (χ3n) is 1.07. The van der Waals surface area contributed by atoms with E-state index in [1.54, 1.807) is 0 Å². The molecule has 0 rings (SSSR count). The number of hydrogen-bond acceptors (Lipinski definition) is 0. The number of rotatable bonds is 2. The molecule has 0 heterocycles. The van der Waals surface area contributed by atoms with Gasteiger partial charge in [0.25, 0.3) is 0 Å². The summed E-state index contributed by atoms with van der Waals surface area (Å²) in [6.07, 6.45) is 1.18. The molecule has 0 fully saturated rings. The summed E-state index contributed by atoms with van der Waals surface area (Å²) < 4.78 is 0. The van der Waals surface area contributed by atoms with Gasteiger partial charge in [0.15, 0.2) is 0 Å². The minimum atomic E-state index is -1.26. The van der Waals surface area contributed by atoms with Gasteiger partial charge in [-0.1, -0.05) is 13.3 Å². The topological polar surface area (TPSA) is 0 Å². The molecular weight excluding hydrogens is 163 g/mol. The molecule has 0 amide bonds. The van der Waals surface area contributed by atoms with E-state index in [2.05, 4.69) is 6.92 Å². The Morgan fingerprint density at radius 1 is 1.71 bits per heavy atom. The molecule has 0 radical (unpaired) electrons. The van der Waals surface area contributed by atoms with E-state index in [0.717, 1.165) is 0 Å². The zero-order valence-electron chi connectivity index (χ0n) is 4.62. The molecule has 0 aromatic carbocycles. The van der Waals surface area contributed by atoms with E-state index in [1.807, 2.05) is 0 Å². The van der Waals surface area contributed by atoms with Gasteiger partial charge in [0, 0.05) is 10.2 Å². The molecule has 0 saturated heterocycles. The largest absolute Gasteiger partial charge is 0.236 e. The smallest absolute Gasteiger partial charge is 0.150 e. The van der Waals surface area contributed by atoms with Crippen molar-refractivity contribution in [2.45, 2.75) is 18.5 Å². The van der Waals surface area contributed by atoms with Crippen molar-refractivity contribution in [2.75, 3.05) is 0 Å². The minimum absolute atomic E-state index is 0.711. The second kappa shape index (κ2) is 3.95. The van der Waals surface area contributed by atoms with Crippen LogP contribution >= 0.6 is 22.2 Å². The summed E-state index contributed by atoms with van der Waals surface area (Å²) in [5.74, 6) is 0. The van der Waals surface area contributed by atoms with Gasteiger partial charge < -0.3 is 0 Å². The third-order valence-corrected chi connectivity index (χ3v) is 10.3. The molecule has 4 heteroatoms. The van der Waals surface area contributed by atoms with Crippen molar-refractivity contribution in [1.82, 2.24) is 0 Å². The Balaban J connectivity index is 3.14. The van der Waals surface area contributed by atoms with Gasteiger partial charge in [-0.3, -0.25) is 0 Å². The summed E-state index contributed by atoms with van der Waals surface area (Å²) >= 11 is 11.3. The lowest BCUT2D eigenvalue weighted by Crippen LogP contribution is -2.04. The zero-order chi connectivity index (χ0) is 5.86. The van der Waals surface area contributed by atoms with Crippen LogP contribution in [0.2, 0.25) is 5.16 Å². The van der Waals surface area contributed by atoms with Crippen LogP contribution in [0.1, 0.15) is 13.3 Å². The molecule has 0 aromatic rings. The first-order valence-electron chi connectivity index (χ1n) is 2.46. The van der Waals surface area contributed by atoms with Gasteiger partial charge in [-0.05, 0) is 5.16 Å². The molecule has 0 aliphatic rings. The summed E-state index contributed by atoms with van der Waals surface area (Å²) in [5, 5.41) is 0.711. The highest BCUT2D eigenvalue weighted by atomic mass is 35.7. The Morgan fingerprint density at radius 3 is 2.14 bits per heavy atom. The molecule has 44 valence electrons. The second-order valence-corrected chi connectivity index (χ2v) is 9.83. The molecule has 0 aromatic heterocycles. The first kappa shape index (κ1) is 8.01. The number of hydrogen-bond donors (Lipinski definition) is 0. The van der Waals surface area contributed by atoms with E-state index in [-0.39, 0.29) is 0 Å². The summed E-state index contributed by atoms with van der Waals surface area (Å²) in [7, 11) is -0.0864. The van der Waals surface area contributed by atoms with Gasteiger partial charge in [-0.15, -0.1) is 0 Å². The third kappa shape index (κ3) is 3.58. The average molecular weight is 173 g/mol. The fourth-order valence-electron chi connectivity index (χ4n) is 0.178. The van der Waals surface area contributed by atoms with Gasteiger partial charge in [0.05, 0.1) is 0 Å². The fourth-order valence-corrected chi connectivity index (χ4v) is 1.60. The van der Waals surface area contributed by atoms with Gasteiger partial charge in [0.1, 0.15) is 0 Å². The van der Waals surface area contributed by atoms with Crippen molar-refractivity contribution >= 4 is 39.8 Å². The summed E-state index contributed by atoms with van der Waals surface area (Å²) in [6.45, 7) is 2.14. The maximum Gasteiger partial charge on any atom is 0.236 e. The molecule has 0 nitrogen and oxygen atoms in total. The normalized spacial score (nSPS) is 15.4. The van der Waals surface area contributed by atoms with Crippen LogP contribution in [0.15, 0.2) is 0 Å². The van der Waals surface area contributed by atoms with E-state index in [9.17, 15) is 0 Å². The number of halogens is 2. The molecule has 0 aliphatic carbocycles. The average Bonchev–Trinajstić information content (AvgIpc) is 1.65. The highest BCUT2D eigenvalue weighted by Crippen LogP contribution is 2.15. The van der Waals surface area contributed by atoms with E-state index < -0.39 is 7.42 Å². The Morgan fingerprint density at radius 2 is 2.14 bits per heavy atom. The Kier molecular flexibility index (Phi) is 4.52. The first-order chi connectivity index (χ1) is 3.18. The zero-order valence-corrected chi connectivity index (χ0v) is 9.28. The fraction of sp³-hybridized carbons (Fsp3) is 1.00. The van der Waals surface area contributed by atoms with Crippen molar-refractivity contribution in [1.29, 1.82) is 0 Å². The summed E-state index contributed by atoms with van der Waals surface area (Å²) in [6, 6.07) is 0. The molecule has 0 aliphatic heterocycles. The van der Waals surface area contributed by atoms with Crippen LogP contribution < -0.4 is 0 Å². The standard InChI is InChI=1S/C3H10Cl2Si2/c1-2-3(6)7(4)5/h3,7H,2H2,1,6H3. The molecule has 1 unspecified atom stereocenters. The van der Waals surface area contributed by atoms with Crippen LogP contribution in [0.5, 0.6) is 0 Å². The highest BCUT2D eigenvalue weighted by Gasteiger charge is 2.09. The minimum Gasteiger partial charge on any atom is -0.150 e. The van der Waals surface area contributed by atoms with Crippen molar-refractivity contribution in [2.24, 2.45) is 0 Å². The van der Waals surface area contributed by atoms with E-state index in [0.29, 0.717) is 5.16 Å². The van der Waals surface area contributed by atoms with E-state index in [4.69, 9.17) is 22.2 Å². The van der Waals surface area contributed by atoms with Crippen molar-refractivity contribution in [3.8, 4) is 0 Å². The van der Waals surface area contributed by atoms with Gasteiger partial charge in [-0.2, -0.15) is 22.2 Å². The molecule has 0 N–H and O–H groups in total. The Bertz CT molecular complexity index is 48.2.